The van der Waals surface area contributed by atoms with Gasteiger partial charge in [-0.15, -0.1) is 0 Å². The SMILES string of the molecule is CCCCCCCCCCCCCCCCCCNC(=O)OC(COC(=O)NCCCCCCCCCCCCCCCC)C(=O)NC(C)(CC)CC(C)(C)CC(C)(C)OCCC(C)(C)OC. The minimum atomic E-state index is -1.30. The van der Waals surface area contributed by atoms with Crippen LogP contribution in [0.5, 0.6) is 0 Å². The zero-order valence-corrected chi connectivity index (χ0v) is 46.3. The molecule has 0 bridgehead atoms. The summed E-state index contributed by atoms with van der Waals surface area (Å²) in [6.07, 6.45) is 38.6. The van der Waals surface area contributed by atoms with Crippen molar-refractivity contribution in [1.82, 2.24) is 16.0 Å². The molecule has 10 heteroatoms. The Hall–Kier alpha value is -2.07. The fourth-order valence-corrected chi connectivity index (χ4v) is 9.54. The smallest absolute Gasteiger partial charge is 0.408 e. The van der Waals surface area contributed by atoms with Crippen LogP contribution in [0.3, 0.4) is 0 Å². The molecule has 2 unspecified atom stereocenters. The van der Waals surface area contributed by atoms with Crippen LogP contribution in [0.15, 0.2) is 0 Å². The highest BCUT2D eigenvalue weighted by Crippen LogP contribution is 2.38. The normalized spacial score (nSPS) is 13.5. The summed E-state index contributed by atoms with van der Waals surface area (Å²) in [6, 6.07) is 0. The number of ether oxygens (including phenoxy) is 4. The zero-order chi connectivity index (χ0) is 50.1. The molecule has 398 valence electrons. The summed E-state index contributed by atoms with van der Waals surface area (Å²) in [5, 5.41) is 8.87. The lowest BCUT2D eigenvalue weighted by Crippen LogP contribution is -2.54. The van der Waals surface area contributed by atoms with Crippen LogP contribution >= 0.6 is 0 Å². The van der Waals surface area contributed by atoms with E-state index >= 15 is 0 Å². The van der Waals surface area contributed by atoms with Crippen molar-refractivity contribution in [3.63, 3.8) is 0 Å². The number of hydrogen-bond acceptors (Lipinski definition) is 7. The molecule has 0 aliphatic carbocycles. The number of hydrogen-bond donors (Lipinski definition) is 3. The maximum absolute atomic E-state index is 14.0. The maximum Gasteiger partial charge on any atom is 0.408 e. The molecule has 0 fully saturated rings. The molecular weight excluding hydrogens is 839 g/mol. The van der Waals surface area contributed by atoms with Gasteiger partial charge in [-0.2, -0.15) is 0 Å². The highest BCUT2D eigenvalue weighted by Gasteiger charge is 2.39. The van der Waals surface area contributed by atoms with Gasteiger partial charge in [-0.25, -0.2) is 9.59 Å². The Morgan fingerprint density at radius 3 is 1.22 bits per heavy atom. The summed E-state index contributed by atoms with van der Waals surface area (Å²) >= 11 is 0. The summed E-state index contributed by atoms with van der Waals surface area (Å²) in [7, 11) is 1.72. The molecule has 0 saturated heterocycles. The summed E-state index contributed by atoms with van der Waals surface area (Å²) < 4.78 is 23.2. The van der Waals surface area contributed by atoms with E-state index in [0.717, 1.165) is 51.4 Å². The number of alkyl carbamates (subject to hydrolysis) is 2. The third-order valence-corrected chi connectivity index (χ3v) is 13.7. The molecule has 67 heavy (non-hydrogen) atoms. The van der Waals surface area contributed by atoms with Crippen molar-refractivity contribution in [3.05, 3.63) is 0 Å². The van der Waals surface area contributed by atoms with Gasteiger partial charge in [0.25, 0.3) is 5.91 Å². The van der Waals surface area contributed by atoms with Gasteiger partial charge < -0.3 is 34.9 Å². The molecule has 3 amide bonds. The van der Waals surface area contributed by atoms with Gasteiger partial charge in [0, 0.05) is 25.7 Å². The van der Waals surface area contributed by atoms with Crippen molar-refractivity contribution in [2.75, 3.05) is 33.4 Å². The van der Waals surface area contributed by atoms with E-state index in [1.165, 1.54) is 154 Å². The second kappa shape index (κ2) is 40.6. The molecule has 0 aromatic rings. The van der Waals surface area contributed by atoms with Crippen molar-refractivity contribution < 1.29 is 33.3 Å². The molecule has 10 nitrogen and oxygen atoms in total. The Morgan fingerprint density at radius 2 is 0.851 bits per heavy atom. The van der Waals surface area contributed by atoms with Gasteiger partial charge in [0.2, 0.25) is 6.10 Å². The maximum atomic E-state index is 14.0. The van der Waals surface area contributed by atoms with Gasteiger partial charge in [-0.1, -0.05) is 214 Å². The molecule has 0 saturated carbocycles. The van der Waals surface area contributed by atoms with Crippen molar-refractivity contribution in [3.8, 4) is 0 Å². The quantitative estimate of drug-likeness (QED) is 0.0519. The highest BCUT2D eigenvalue weighted by atomic mass is 16.6. The van der Waals surface area contributed by atoms with Crippen LogP contribution < -0.4 is 16.0 Å². The van der Waals surface area contributed by atoms with Crippen LogP contribution in [-0.2, 0) is 23.7 Å². The van der Waals surface area contributed by atoms with E-state index in [2.05, 4.69) is 71.3 Å². The van der Waals surface area contributed by atoms with Gasteiger partial charge >= 0.3 is 12.2 Å². The van der Waals surface area contributed by atoms with Crippen LogP contribution in [0.2, 0.25) is 0 Å². The van der Waals surface area contributed by atoms with Crippen molar-refractivity contribution >= 4 is 18.1 Å². The molecule has 2 atom stereocenters. The van der Waals surface area contributed by atoms with Crippen LogP contribution in [0.1, 0.15) is 288 Å². The first-order chi connectivity index (χ1) is 31.9. The average Bonchev–Trinajstić information content (AvgIpc) is 3.26. The van der Waals surface area contributed by atoms with Gasteiger partial charge in [0.1, 0.15) is 6.61 Å². The van der Waals surface area contributed by atoms with Gasteiger partial charge in [0.05, 0.1) is 17.8 Å². The van der Waals surface area contributed by atoms with Crippen LogP contribution in [0.4, 0.5) is 9.59 Å². The van der Waals surface area contributed by atoms with Crippen molar-refractivity contribution in [2.24, 2.45) is 5.41 Å². The molecule has 0 heterocycles. The second-order valence-corrected chi connectivity index (χ2v) is 22.5. The van der Waals surface area contributed by atoms with Gasteiger partial charge in [-0.05, 0) is 78.6 Å². The second-order valence-electron chi connectivity index (χ2n) is 22.5. The van der Waals surface area contributed by atoms with E-state index in [0.29, 0.717) is 32.5 Å². The number of methoxy groups -OCH3 is 1. The average molecular weight is 953 g/mol. The highest BCUT2D eigenvalue weighted by molar-refractivity contribution is 5.84. The Bertz CT molecular complexity index is 1190. The van der Waals surface area contributed by atoms with E-state index in [4.69, 9.17) is 18.9 Å². The first kappa shape index (κ1) is 64.9. The molecule has 0 aliphatic heterocycles. The summed E-state index contributed by atoms with van der Waals surface area (Å²) in [5.74, 6) is -0.477. The molecule has 0 aromatic heterocycles. The molecule has 0 aromatic carbocycles. The first-order valence-corrected chi connectivity index (χ1v) is 28.3. The van der Waals surface area contributed by atoms with E-state index < -0.39 is 35.3 Å². The Labute approximate surface area is 415 Å². The molecule has 3 N–H and O–H groups in total. The largest absolute Gasteiger partial charge is 0.445 e. The first-order valence-electron chi connectivity index (χ1n) is 28.3. The molecule has 0 rings (SSSR count). The molecule has 0 spiro atoms. The van der Waals surface area contributed by atoms with Crippen LogP contribution in [0, 0.1) is 5.41 Å². The Kier molecular flexibility index (Phi) is 39.4. The third kappa shape index (κ3) is 40.4. The number of amides is 3. The monoisotopic (exact) mass is 952 g/mol. The minimum Gasteiger partial charge on any atom is -0.445 e. The van der Waals surface area contributed by atoms with E-state index in [1.54, 1.807) is 7.11 Å². The minimum absolute atomic E-state index is 0.206. The lowest BCUT2D eigenvalue weighted by Gasteiger charge is -2.42. The predicted molar refractivity (Wildman–Crippen MR) is 283 cm³/mol. The fourth-order valence-electron chi connectivity index (χ4n) is 9.54. The lowest BCUT2D eigenvalue weighted by molar-refractivity contribution is -0.134. The topological polar surface area (TPSA) is 124 Å². The van der Waals surface area contributed by atoms with E-state index in [1.807, 2.05) is 13.8 Å². The Balaban J connectivity index is 5.00. The number of nitrogens with one attached hydrogen (secondary N) is 3. The van der Waals surface area contributed by atoms with Crippen LogP contribution in [0.25, 0.3) is 0 Å². The number of rotatable bonds is 47. The molecular formula is C57H113N3O7. The summed E-state index contributed by atoms with van der Waals surface area (Å²) in [5.41, 5.74) is -1.47. The fraction of sp³-hybridized carbons (Fsp3) is 0.947. The van der Waals surface area contributed by atoms with Gasteiger partial charge in [0.15, 0.2) is 0 Å². The summed E-state index contributed by atoms with van der Waals surface area (Å²) in [6.45, 7) is 22.5. The van der Waals surface area contributed by atoms with E-state index in [-0.39, 0.29) is 17.6 Å². The standard InChI is InChI=1S/C57H113N3O7/c1-12-15-17-19-21-23-25-27-29-30-32-34-36-38-40-42-45-59-53(63)67-50(47-65-52(62)58-44-41-39-37-35-33-31-28-26-24-22-20-18-16-13-2)51(61)60-57(10,14-3)49-54(4,5)48-56(8,9)66-46-43-55(6,7)64-11/h50H,12-49H2,1-11H3,(H,58,62)(H,59,63)(H,60,61). The van der Waals surface area contributed by atoms with E-state index in [9.17, 15) is 14.4 Å². The number of carbonyl (C=O) groups is 3. The predicted octanol–water partition coefficient (Wildman–Crippen LogP) is 16.3. The van der Waals surface area contributed by atoms with Crippen LogP contribution in [-0.4, -0.2) is 74.4 Å². The molecule has 0 aliphatic rings. The van der Waals surface area contributed by atoms with Crippen molar-refractivity contribution in [1.29, 1.82) is 0 Å². The summed E-state index contributed by atoms with van der Waals surface area (Å²) in [4.78, 5) is 39.9. The lowest BCUT2D eigenvalue weighted by atomic mass is 9.72. The number of carbonyl (C=O) groups excluding carboxylic acids is 3. The number of unbranched alkanes of at least 4 members (excludes halogenated alkanes) is 28. The zero-order valence-electron chi connectivity index (χ0n) is 46.3. The third-order valence-electron chi connectivity index (χ3n) is 13.7. The Morgan fingerprint density at radius 1 is 0.478 bits per heavy atom. The molecule has 0 radical (unpaired) electrons. The van der Waals surface area contributed by atoms with Crippen molar-refractivity contribution in [2.45, 2.75) is 310 Å². The van der Waals surface area contributed by atoms with Gasteiger partial charge in [-0.3, -0.25) is 4.79 Å².